The first-order valence-corrected chi connectivity index (χ1v) is 6.94. The van der Waals surface area contributed by atoms with Crippen LogP contribution in [0.1, 0.15) is 32.6 Å². The van der Waals surface area contributed by atoms with E-state index in [9.17, 15) is 4.39 Å². The molecule has 0 spiro atoms. The van der Waals surface area contributed by atoms with E-state index in [-0.39, 0.29) is 5.82 Å². The molecule has 4 heteroatoms. The molecule has 19 heavy (non-hydrogen) atoms. The van der Waals surface area contributed by atoms with Gasteiger partial charge in [0, 0.05) is 19.2 Å². The van der Waals surface area contributed by atoms with Crippen molar-refractivity contribution in [2.45, 2.75) is 44.8 Å². The number of methoxy groups -OCH3 is 1. The lowest BCUT2D eigenvalue weighted by Gasteiger charge is -2.30. The first-order valence-electron chi connectivity index (χ1n) is 6.94. The lowest BCUT2D eigenvalue weighted by molar-refractivity contribution is 0.0669. The summed E-state index contributed by atoms with van der Waals surface area (Å²) in [5.41, 5.74) is 0.866. The average molecular weight is 267 g/mol. The molecule has 1 aliphatic carbocycles. The average Bonchev–Trinajstić information content (AvgIpc) is 2.42. The van der Waals surface area contributed by atoms with Crippen molar-refractivity contribution in [2.24, 2.45) is 0 Å². The number of nitrogens with one attached hydrogen (secondary N) is 1. The molecule has 0 aromatic heterocycles. The van der Waals surface area contributed by atoms with E-state index < -0.39 is 0 Å². The van der Waals surface area contributed by atoms with E-state index in [0.29, 0.717) is 24.5 Å². The van der Waals surface area contributed by atoms with Gasteiger partial charge in [0.25, 0.3) is 0 Å². The highest BCUT2D eigenvalue weighted by Gasteiger charge is 2.22. The molecule has 0 radical (unpaired) electrons. The predicted octanol–water partition coefficient (Wildman–Crippen LogP) is 3.59. The molecule has 2 unspecified atom stereocenters. The largest absolute Gasteiger partial charge is 0.492 e. The smallest absolute Gasteiger partial charge is 0.145 e. The minimum Gasteiger partial charge on any atom is -0.492 e. The van der Waals surface area contributed by atoms with Gasteiger partial charge in [-0.1, -0.05) is 0 Å². The lowest BCUT2D eigenvalue weighted by atomic mass is 9.92. The summed E-state index contributed by atoms with van der Waals surface area (Å²) in [6.07, 6.45) is 4.70. The van der Waals surface area contributed by atoms with Crippen molar-refractivity contribution >= 4 is 5.69 Å². The summed E-state index contributed by atoms with van der Waals surface area (Å²) in [5, 5.41) is 3.45. The standard InChI is InChI=1S/C15H22FNO2/c1-3-19-15-9-11(16)7-8-14(15)17-12-5-4-6-13(10-12)18-2/h7-9,12-13,17H,3-6,10H2,1-2H3. The molecule has 3 nitrogen and oxygen atoms in total. The molecule has 1 aromatic carbocycles. The summed E-state index contributed by atoms with van der Waals surface area (Å²) in [4.78, 5) is 0. The fourth-order valence-corrected chi connectivity index (χ4v) is 2.60. The molecule has 1 aromatic rings. The summed E-state index contributed by atoms with van der Waals surface area (Å²) in [6.45, 7) is 2.43. The third-order valence-corrected chi connectivity index (χ3v) is 3.56. The summed E-state index contributed by atoms with van der Waals surface area (Å²) < 4.78 is 24.1. The molecule has 1 N–H and O–H groups in total. The molecule has 0 amide bonds. The van der Waals surface area contributed by atoms with E-state index in [1.165, 1.54) is 12.1 Å². The summed E-state index contributed by atoms with van der Waals surface area (Å²) in [7, 11) is 1.76. The van der Waals surface area contributed by atoms with Gasteiger partial charge in [0.05, 0.1) is 18.4 Å². The minimum absolute atomic E-state index is 0.271. The molecule has 2 rings (SSSR count). The molecule has 106 valence electrons. The number of hydrogen-bond acceptors (Lipinski definition) is 3. The van der Waals surface area contributed by atoms with Crippen molar-refractivity contribution < 1.29 is 13.9 Å². The Morgan fingerprint density at radius 1 is 1.37 bits per heavy atom. The van der Waals surface area contributed by atoms with E-state index in [0.717, 1.165) is 31.4 Å². The second-order valence-corrected chi connectivity index (χ2v) is 4.94. The van der Waals surface area contributed by atoms with Crippen LogP contribution in [0, 0.1) is 5.82 Å². The van der Waals surface area contributed by atoms with Gasteiger partial charge in [0.2, 0.25) is 0 Å². The van der Waals surface area contributed by atoms with Crippen LogP contribution in [0.3, 0.4) is 0 Å². The monoisotopic (exact) mass is 267 g/mol. The quantitative estimate of drug-likeness (QED) is 0.884. The summed E-state index contributed by atoms with van der Waals surface area (Å²) in [5.74, 6) is 0.314. The topological polar surface area (TPSA) is 30.5 Å². The second kappa shape index (κ2) is 6.75. The van der Waals surface area contributed by atoms with Crippen molar-refractivity contribution in [3.8, 4) is 5.75 Å². The number of benzene rings is 1. The second-order valence-electron chi connectivity index (χ2n) is 4.94. The fourth-order valence-electron chi connectivity index (χ4n) is 2.60. The van der Waals surface area contributed by atoms with Gasteiger partial charge in [-0.3, -0.25) is 0 Å². The highest BCUT2D eigenvalue weighted by molar-refractivity contribution is 5.57. The number of ether oxygens (including phenoxy) is 2. The van der Waals surface area contributed by atoms with E-state index in [2.05, 4.69) is 5.32 Å². The fraction of sp³-hybridized carbons (Fsp3) is 0.600. The van der Waals surface area contributed by atoms with Gasteiger partial charge in [-0.15, -0.1) is 0 Å². The van der Waals surface area contributed by atoms with Gasteiger partial charge in [0.15, 0.2) is 0 Å². The van der Waals surface area contributed by atoms with E-state index in [1.807, 2.05) is 6.92 Å². The molecule has 0 aliphatic heterocycles. The Morgan fingerprint density at radius 3 is 2.95 bits per heavy atom. The Kier molecular flexibility index (Phi) is 5.02. The molecule has 2 atom stereocenters. The zero-order valence-corrected chi connectivity index (χ0v) is 11.6. The van der Waals surface area contributed by atoms with Crippen LogP contribution in [-0.4, -0.2) is 25.9 Å². The SMILES string of the molecule is CCOc1cc(F)ccc1NC1CCCC(OC)C1. The van der Waals surface area contributed by atoms with Gasteiger partial charge in [-0.25, -0.2) is 4.39 Å². The first kappa shape index (κ1) is 14.1. The number of hydrogen-bond donors (Lipinski definition) is 1. The first-order chi connectivity index (χ1) is 9.22. The summed E-state index contributed by atoms with van der Waals surface area (Å²) in [6, 6.07) is 5.00. The van der Waals surface area contributed by atoms with E-state index >= 15 is 0 Å². The van der Waals surface area contributed by atoms with Crippen LogP contribution in [-0.2, 0) is 4.74 Å². The van der Waals surface area contributed by atoms with Crippen LogP contribution < -0.4 is 10.1 Å². The minimum atomic E-state index is -0.271. The number of anilines is 1. The van der Waals surface area contributed by atoms with Crippen LogP contribution in [0.5, 0.6) is 5.75 Å². The van der Waals surface area contributed by atoms with Crippen LogP contribution in [0.25, 0.3) is 0 Å². The maximum atomic E-state index is 13.2. The molecular weight excluding hydrogens is 245 g/mol. The number of halogens is 1. The van der Waals surface area contributed by atoms with Crippen molar-refractivity contribution in [3.63, 3.8) is 0 Å². The molecule has 0 saturated heterocycles. The van der Waals surface area contributed by atoms with Gasteiger partial charge in [-0.05, 0) is 44.7 Å². The highest BCUT2D eigenvalue weighted by atomic mass is 19.1. The van der Waals surface area contributed by atoms with Crippen LogP contribution in [0.4, 0.5) is 10.1 Å². The van der Waals surface area contributed by atoms with Crippen LogP contribution >= 0.6 is 0 Å². The molecular formula is C15H22FNO2. The Morgan fingerprint density at radius 2 is 2.21 bits per heavy atom. The Labute approximate surface area is 114 Å². The molecule has 1 saturated carbocycles. The summed E-state index contributed by atoms with van der Waals surface area (Å²) >= 11 is 0. The third-order valence-electron chi connectivity index (χ3n) is 3.56. The predicted molar refractivity (Wildman–Crippen MR) is 74.2 cm³/mol. The Hall–Kier alpha value is -1.29. The maximum Gasteiger partial charge on any atom is 0.145 e. The molecule has 0 heterocycles. The maximum absolute atomic E-state index is 13.2. The molecule has 1 fully saturated rings. The molecule has 1 aliphatic rings. The third kappa shape index (κ3) is 3.83. The van der Waals surface area contributed by atoms with Crippen molar-refractivity contribution in [1.82, 2.24) is 0 Å². The zero-order valence-electron chi connectivity index (χ0n) is 11.6. The van der Waals surface area contributed by atoms with Gasteiger partial charge >= 0.3 is 0 Å². The lowest BCUT2D eigenvalue weighted by Crippen LogP contribution is -2.31. The van der Waals surface area contributed by atoms with E-state index in [4.69, 9.17) is 9.47 Å². The number of rotatable bonds is 5. The Balaban J connectivity index is 2.05. The Bertz CT molecular complexity index is 411. The van der Waals surface area contributed by atoms with Gasteiger partial charge in [0.1, 0.15) is 11.6 Å². The van der Waals surface area contributed by atoms with Crippen LogP contribution in [0.2, 0.25) is 0 Å². The molecule has 0 bridgehead atoms. The van der Waals surface area contributed by atoms with E-state index in [1.54, 1.807) is 13.2 Å². The van der Waals surface area contributed by atoms with Gasteiger partial charge < -0.3 is 14.8 Å². The van der Waals surface area contributed by atoms with Gasteiger partial charge in [-0.2, -0.15) is 0 Å². The van der Waals surface area contributed by atoms with Crippen molar-refractivity contribution in [1.29, 1.82) is 0 Å². The van der Waals surface area contributed by atoms with Crippen molar-refractivity contribution in [3.05, 3.63) is 24.0 Å². The van der Waals surface area contributed by atoms with Crippen LogP contribution in [0.15, 0.2) is 18.2 Å². The van der Waals surface area contributed by atoms with Crippen molar-refractivity contribution in [2.75, 3.05) is 19.0 Å². The normalized spacial score (nSPS) is 23.1. The highest BCUT2D eigenvalue weighted by Crippen LogP contribution is 2.30. The zero-order chi connectivity index (χ0) is 13.7.